The zero-order valence-electron chi connectivity index (χ0n) is 19.6. The molecule has 0 unspecified atom stereocenters. The van der Waals surface area contributed by atoms with Gasteiger partial charge in [-0.05, 0) is 36.8 Å². The SMILES string of the molecule is CCNC(=O)c1cn2ncnc(N)c2c1-c1ccc(NC(=O)Nc2cccc(C(F)(F)F)n2)c(OC)c1. The first-order valence-corrected chi connectivity index (χ1v) is 10.8. The van der Waals surface area contributed by atoms with Crippen molar-refractivity contribution in [2.45, 2.75) is 13.1 Å². The molecule has 0 atom stereocenters. The number of halogens is 3. The molecule has 0 saturated carbocycles. The number of nitrogens with zero attached hydrogens (tertiary/aromatic N) is 4. The molecule has 0 radical (unpaired) electrons. The van der Waals surface area contributed by atoms with E-state index in [4.69, 9.17) is 10.5 Å². The summed E-state index contributed by atoms with van der Waals surface area (Å²) in [4.78, 5) is 32.6. The summed E-state index contributed by atoms with van der Waals surface area (Å²) in [5.74, 6) is -0.280. The Labute approximate surface area is 207 Å². The number of ether oxygens (including phenoxy) is 1. The maximum atomic E-state index is 12.9. The van der Waals surface area contributed by atoms with Crippen LogP contribution < -0.4 is 26.4 Å². The molecule has 14 heteroatoms. The van der Waals surface area contributed by atoms with Crippen LogP contribution in [-0.4, -0.2) is 45.2 Å². The van der Waals surface area contributed by atoms with E-state index in [0.29, 0.717) is 28.8 Å². The van der Waals surface area contributed by atoms with Gasteiger partial charge in [0.15, 0.2) is 5.82 Å². The number of nitrogen functional groups attached to an aromatic ring is 1. The summed E-state index contributed by atoms with van der Waals surface area (Å²) in [5, 5.41) is 11.6. The van der Waals surface area contributed by atoms with Crippen molar-refractivity contribution >= 4 is 34.8 Å². The quantitative estimate of drug-likeness (QED) is 0.306. The van der Waals surface area contributed by atoms with Gasteiger partial charge in [-0.15, -0.1) is 0 Å². The lowest BCUT2D eigenvalue weighted by molar-refractivity contribution is -0.141. The molecule has 3 heterocycles. The Morgan fingerprint density at radius 3 is 2.65 bits per heavy atom. The van der Waals surface area contributed by atoms with Gasteiger partial charge in [-0.3, -0.25) is 10.1 Å². The second-order valence-corrected chi connectivity index (χ2v) is 7.62. The van der Waals surface area contributed by atoms with Crippen LogP contribution in [0.25, 0.3) is 16.6 Å². The molecular formula is C23H21F3N8O3. The molecule has 3 aromatic heterocycles. The Bertz CT molecular complexity index is 1490. The lowest BCUT2D eigenvalue weighted by atomic mass is 10.0. The number of carbonyl (C=O) groups is 2. The van der Waals surface area contributed by atoms with Crippen molar-refractivity contribution in [2.75, 3.05) is 30.0 Å². The van der Waals surface area contributed by atoms with Crippen molar-refractivity contribution in [3.05, 3.63) is 60.2 Å². The summed E-state index contributed by atoms with van der Waals surface area (Å²) in [5.41, 5.74) is 6.82. The number of hydrogen-bond acceptors (Lipinski definition) is 7. The van der Waals surface area contributed by atoms with Gasteiger partial charge < -0.3 is 21.1 Å². The minimum absolute atomic E-state index is 0.148. The third kappa shape index (κ3) is 5.22. The Kier molecular flexibility index (Phi) is 6.82. The molecule has 3 amide bonds. The number of urea groups is 1. The average molecular weight is 514 g/mol. The lowest BCUT2D eigenvalue weighted by Gasteiger charge is -2.14. The molecule has 0 bridgehead atoms. The highest BCUT2D eigenvalue weighted by Crippen LogP contribution is 2.37. The van der Waals surface area contributed by atoms with E-state index >= 15 is 0 Å². The van der Waals surface area contributed by atoms with E-state index in [2.05, 4.69) is 31.0 Å². The number of carbonyl (C=O) groups excluding carboxylic acids is 2. The van der Waals surface area contributed by atoms with E-state index in [1.165, 1.54) is 36.3 Å². The zero-order valence-corrected chi connectivity index (χ0v) is 19.6. The van der Waals surface area contributed by atoms with Gasteiger partial charge in [-0.1, -0.05) is 12.1 Å². The standard InChI is InChI=1S/C23H21F3N8O3/c1-3-28-21(35)13-10-34-19(20(27)29-11-30-34)18(13)12-7-8-14(15(9-12)37-2)31-22(36)33-17-6-4-5-16(32-17)23(24,25)26/h4-11H,3H2,1-2H3,(H,28,35)(H2,27,29,30)(H2,31,32,33,36). The van der Waals surface area contributed by atoms with E-state index in [9.17, 15) is 22.8 Å². The summed E-state index contributed by atoms with van der Waals surface area (Å²) in [6.07, 6.45) is -1.86. The van der Waals surface area contributed by atoms with Crippen LogP contribution in [0.2, 0.25) is 0 Å². The molecule has 0 aliphatic heterocycles. The third-order valence-corrected chi connectivity index (χ3v) is 5.20. The predicted molar refractivity (Wildman–Crippen MR) is 129 cm³/mol. The number of anilines is 3. The van der Waals surface area contributed by atoms with Gasteiger partial charge in [0.25, 0.3) is 5.91 Å². The smallest absolute Gasteiger partial charge is 0.433 e. The summed E-state index contributed by atoms with van der Waals surface area (Å²) in [6.45, 7) is 2.18. The van der Waals surface area contributed by atoms with E-state index < -0.39 is 17.9 Å². The number of rotatable bonds is 6. The van der Waals surface area contributed by atoms with Crippen molar-refractivity contribution in [1.29, 1.82) is 0 Å². The molecule has 0 saturated heterocycles. The number of alkyl halides is 3. The lowest BCUT2D eigenvalue weighted by Crippen LogP contribution is -2.22. The molecule has 0 fully saturated rings. The Morgan fingerprint density at radius 1 is 1.16 bits per heavy atom. The van der Waals surface area contributed by atoms with Crippen LogP contribution in [0.1, 0.15) is 23.0 Å². The summed E-state index contributed by atoms with van der Waals surface area (Å²) in [6, 6.07) is 7.01. The Morgan fingerprint density at radius 2 is 1.95 bits per heavy atom. The van der Waals surface area contributed by atoms with Crippen molar-refractivity contribution < 1.29 is 27.5 Å². The first-order valence-electron chi connectivity index (χ1n) is 10.8. The Balaban J connectivity index is 1.66. The minimum atomic E-state index is -4.65. The minimum Gasteiger partial charge on any atom is -0.495 e. The highest BCUT2D eigenvalue weighted by atomic mass is 19.4. The first-order chi connectivity index (χ1) is 17.6. The maximum absolute atomic E-state index is 12.9. The van der Waals surface area contributed by atoms with Crippen LogP contribution in [0, 0.1) is 0 Å². The average Bonchev–Trinajstić information content (AvgIpc) is 3.25. The van der Waals surface area contributed by atoms with Gasteiger partial charge in [0.05, 0.1) is 18.4 Å². The third-order valence-electron chi connectivity index (χ3n) is 5.20. The summed E-state index contributed by atoms with van der Waals surface area (Å²) in [7, 11) is 1.37. The van der Waals surface area contributed by atoms with Crippen molar-refractivity contribution in [3.8, 4) is 16.9 Å². The first kappa shape index (κ1) is 25.2. The fourth-order valence-electron chi connectivity index (χ4n) is 3.64. The van der Waals surface area contributed by atoms with Crippen LogP contribution in [0.5, 0.6) is 5.75 Å². The molecule has 4 rings (SSSR count). The number of aromatic nitrogens is 4. The monoisotopic (exact) mass is 514 g/mol. The highest BCUT2D eigenvalue weighted by molar-refractivity contribution is 6.07. The molecule has 11 nitrogen and oxygen atoms in total. The maximum Gasteiger partial charge on any atom is 0.433 e. The van der Waals surface area contributed by atoms with E-state index in [-0.39, 0.29) is 29.0 Å². The van der Waals surface area contributed by atoms with Crippen LogP contribution >= 0.6 is 0 Å². The predicted octanol–water partition coefficient (Wildman–Crippen LogP) is 3.79. The van der Waals surface area contributed by atoms with Gasteiger partial charge >= 0.3 is 12.2 Å². The van der Waals surface area contributed by atoms with E-state index in [1.807, 2.05) is 0 Å². The number of hydrogen-bond donors (Lipinski definition) is 4. The number of nitrogens with two attached hydrogens (primary N) is 1. The Hall–Kier alpha value is -4.88. The zero-order chi connectivity index (χ0) is 26.7. The second kappa shape index (κ2) is 10.0. The highest BCUT2D eigenvalue weighted by Gasteiger charge is 2.32. The van der Waals surface area contributed by atoms with Crippen LogP contribution in [0.15, 0.2) is 48.9 Å². The largest absolute Gasteiger partial charge is 0.495 e. The summed E-state index contributed by atoms with van der Waals surface area (Å²) < 4.78 is 45.6. The molecule has 4 aromatic rings. The van der Waals surface area contributed by atoms with Crippen LogP contribution in [0.4, 0.5) is 35.3 Å². The molecule has 0 aliphatic carbocycles. The van der Waals surface area contributed by atoms with Gasteiger partial charge in [-0.2, -0.15) is 18.3 Å². The molecule has 5 N–H and O–H groups in total. The topological polar surface area (TPSA) is 149 Å². The molecule has 0 aliphatic rings. The van der Waals surface area contributed by atoms with Crippen molar-refractivity contribution in [3.63, 3.8) is 0 Å². The van der Waals surface area contributed by atoms with E-state index in [1.54, 1.807) is 19.1 Å². The number of methoxy groups -OCH3 is 1. The molecule has 37 heavy (non-hydrogen) atoms. The number of benzene rings is 1. The number of pyridine rings is 1. The van der Waals surface area contributed by atoms with Crippen molar-refractivity contribution in [1.82, 2.24) is 24.9 Å². The van der Waals surface area contributed by atoms with Gasteiger partial charge in [-0.25, -0.2) is 19.3 Å². The van der Waals surface area contributed by atoms with E-state index in [0.717, 1.165) is 12.1 Å². The second-order valence-electron chi connectivity index (χ2n) is 7.62. The normalized spacial score (nSPS) is 11.3. The molecular weight excluding hydrogens is 493 g/mol. The molecule has 192 valence electrons. The fourth-order valence-corrected chi connectivity index (χ4v) is 3.64. The number of fused-ring (bicyclic) bond motifs is 1. The van der Waals surface area contributed by atoms with Crippen LogP contribution in [-0.2, 0) is 6.18 Å². The van der Waals surface area contributed by atoms with Gasteiger partial charge in [0.2, 0.25) is 0 Å². The summed E-state index contributed by atoms with van der Waals surface area (Å²) >= 11 is 0. The van der Waals surface area contributed by atoms with Gasteiger partial charge in [0.1, 0.15) is 29.1 Å². The van der Waals surface area contributed by atoms with Crippen molar-refractivity contribution in [2.24, 2.45) is 0 Å². The number of amides is 3. The number of nitrogens with one attached hydrogen (secondary N) is 3. The fraction of sp³-hybridized carbons (Fsp3) is 0.174. The molecule has 0 spiro atoms. The van der Waals surface area contributed by atoms with Gasteiger partial charge in [0, 0.05) is 18.3 Å². The van der Waals surface area contributed by atoms with Crippen LogP contribution in [0.3, 0.4) is 0 Å². The molecule has 1 aromatic carbocycles.